The number of nitrogens with two attached hydrogens (primary N) is 1. The van der Waals surface area contributed by atoms with Gasteiger partial charge in [-0.3, -0.25) is 0 Å². The van der Waals surface area contributed by atoms with E-state index in [0.29, 0.717) is 6.04 Å². The average molecular weight is 230 g/mol. The molecule has 3 heteroatoms. The molecule has 0 radical (unpaired) electrons. The van der Waals surface area contributed by atoms with Crippen molar-refractivity contribution in [1.82, 2.24) is 4.90 Å². The van der Waals surface area contributed by atoms with Crippen molar-refractivity contribution in [1.29, 1.82) is 0 Å². The summed E-state index contributed by atoms with van der Waals surface area (Å²) >= 11 is 1.96. The molecular formula is C12H26N2S. The fourth-order valence-corrected chi connectivity index (χ4v) is 2.60. The summed E-state index contributed by atoms with van der Waals surface area (Å²) in [6.45, 7) is 3.75. The summed E-state index contributed by atoms with van der Waals surface area (Å²) in [4.78, 5) is 2.58. The van der Waals surface area contributed by atoms with Crippen LogP contribution in [0.5, 0.6) is 0 Å². The molecule has 1 rings (SSSR count). The molecule has 2 nitrogen and oxygen atoms in total. The summed E-state index contributed by atoms with van der Waals surface area (Å²) in [6.07, 6.45) is 10.2. The molecule has 1 aliphatic rings. The molecule has 1 saturated heterocycles. The van der Waals surface area contributed by atoms with Crippen LogP contribution < -0.4 is 5.73 Å². The largest absolute Gasteiger partial charge is 0.328 e. The van der Waals surface area contributed by atoms with Gasteiger partial charge in [-0.05, 0) is 57.3 Å². The Morgan fingerprint density at radius 3 is 2.47 bits per heavy atom. The first-order valence-electron chi connectivity index (χ1n) is 6.30. The van der Waals surface area contributed by atoms with E-state index in [1.807, 2.05) is 11.8 Å². The summed E-state index contributed by atoms with van der Waals surface area (Å²) in [7, 11) is 0. The molecular weight excluding hydrogens is 204 g/mol. The van der Waals surface area contributed by atoms with Crippen molar-refractivity contribution >= 4 is 11.8 Å². The zero-order valence-corrected chi connectivity index (χ0v) is 10.9. The van der Waals surface area contributed by atoms with Crippen LogP contribution in [0.1, 0.15) is 38.5 Å². The Kier molecular flexibility index (Phi) is 7.49. The van der Waals surface area contributed by atoms with Crippen LogP contribution in [-0.4, -0.2) is 42.6 Å². The van der Waals surface area contributed by atoms with E-state index in [4.69, 9.17) is 5.73 Å². The maximum absolute atomic E-state index is 5.88. The van der Waals surface area contributed by atoms with Gasteiger partial charge in [-0.1, -0.05) is 12.8 Å². The molecule has 90 valence electrons. The quantitative estimate of drug-likeness (QED) is 0.681. The molecule has 1 aliphatic heterocycles. The number of hydrogen-bond acceptors (Lipinski definition) is 3. The smallest absolute Gasteiger partial charge is 0.00631 e. The highest BCUT2D eigenvalue weighted by atomic mass is 32.2. The maximum atomic E-state index is 5.88. The Morgan fingerprint density at radius 2 is 1.80 bits per heavy atom. The lowest BCUT2D eigenvalue weighted by atomic mass is 10.1. The zero-order chi connectivity index (χ0) is 10.9. The second-order valence-corrected chi connectivity index (χ2v) is 5.57. The Hall–Kier alpha value is 0.270. The van der Waals surface area contributed by atoms with Crippen LogP contribution in [-0.2, 0) is 0 Å². The van der Waals surface area contributed by atoms with Gasteiger partial charge in [-0.15, -0.1) is 0 Å². The molecule has 0 aromatic rings. The molecule has 0 amide bonds. The predicted molar refractivity (Wildman–Crippen MR) is 70.5 cm³/mol. The third kappa shape index (κ3) is 6.44. The van der Waals surface area contributed by atoms with E-state index in [0.717, 1.165) is 0 Å². The summed E-state index contributed by atoms with van der Waals surface area (Å²) in [5.74, 6) is 1.33. The second-order valence-electron chi connectivity index (χ2n) is 4.59. The maximum Gasteiger partial charge on any atom is 0.00631 e. The molecule has 1 heterocycles. The first-order valence-corrected chi connectivity index (χ1v) is 7.69. The number of unbranched alkanes of at least 4 members (excludes halogenated alkanes) is 3. The topological polar surface area (TPSA) is 29.3 Å². The normalized spacial score (nSPS) is 19.6. The number of rotatable bonds is 7. The lowest BCUT2D eigenvalue weighted by Gasteiger charge is -2.29. The van der Waals surface area contributed by atoms with E-state index in [9.17, 15) is 0 Å². The van der Waals surface area contributed by atoms with Gasteiger partial charge in [0.1, 0.15) is 0 Å². The van der Waals surface area contributed by atoms with Crippen molar-refractivity contribution in [3.63, 3.8) is 0 Å². The van der Waals surface area contributed by atoms with Crippen LogP contribution in [0.25, 0.3) is 0 Å². The molecule has 0 atom stereocenters. The van der Waals surface area contributed by atoms with E-state index in [-0.39, 0.29) is 0 Å². The molecule has 0 unspecified atom stereocenters. The predicted octanol–water partition coefficient (Wildman–Crippen LogP) is 2.33. The van der Waals surface area contributed by atoms with Gasteiger partial charge in [0.05, 0.1) is 0 Å². The Bertz CT molecular complexity index is 145. The molecule has 0 saturated carbocycles. The van der Waals surface area contributed by atoms with Gasteiger partial charge in [0.2, 0.25) is 0 Å². The molecule has 0 aromatic carbocycles. The molecule has 0 spiro atoms. The highest BCUT2D eigenvalue weighted by molar-refractivity contribution is 7.98. The summed E-state index contributed by atoms with van der Waals surface area (Å²) in [5.41, 5.74) is 5.88. The van der Waals surface area contributed by atoms with Crippen molar-refractivity contribution in [2.75, 3.05) is 31.6 Å². The molecule has 0 aliphatic carbocycles. The zero-order valence-electron chi connectivity index (χ0n) is 10.1. The van der Waals surface area contributed by atoms with E-state index >= 15 is 0 Å². The van der Waals surface area contributed by atoms with E-state index < -0.39 is 0 Å². The van der Waals surface area contributed by atoms with Crippen LogP contribution in [0, 0.1) is 0 Å². The summed E-state index contributed by atoms with van der Waals surface area (Å²) in [6, 6.07) is 0.475. The molecule has 2 N–H and O–H groups in total. The van der Waals surface area contributed by atoms with Gasteiger partial charge >= 0.3 is 0 Å². The molecule has 0 aromatic heterocycles. The summed E-state index contributed by atoms with van der Waals surface area (Å²) in [5, 5.41) is 0. The van der Waals surface area contributed by atoms with Gasteiger partial charge in [-0.2, -0.15) is 11.8 Å². The van der Waals surface area contributed by atoms with Gasteiger partial charge in [0.15, 0.2) is 0 Å². The van der Waals surface area contributed by atoms with Crippen molar-refractivity contribution < 1.29 is 0 Å². The van der Waals surface area contributed by atoms with Gasteiger partial charge in [0.25, 0.3) is 0 Å². The first-order chi connectivity index (χ1) is 7.33. The standard InChI is InChI=1S/C12H26N2S/c1-15-11-5-3-2-4-8-14-9-6-12(13)7-10-14/h12H,2-11,13H2,1H3. The van der Waals surface area contributed by atoms with Gasteiger partial charge in [-0.25, -0.2) is 0 Å². The molecule has 1 fully saturated rings. The monoisotopic (exact) mass is 230 g/mol. The number of piperidine rings is 1. The summed E-state index contributed by atoms with van der Waals surface area (Å²) < 4.78 is 0. The number of nitrogens with zero attached hydrogens (tertiary/aromatic N) is 1. The fraction of sp³-hybridized carbons (Fsp3) is 1.00. The van der Waals surface area contributed by atoms with Crippen LogP contribution >= 0.6 is 11.8 Å². The van der Waals surface area contributed by atoms with Gasteiger partial charge in [0, 0.05) is 6.04 Å². The minimum absolute atomic E-state index is 0.475. The Balaban J connectivity index is 1.87. The number of thioether (sulfide) groups is 1. The molecule has 15 heavy (non-hydrogen) atoms. The Morgan fingerprint density at radius 1 is 1.13 bits per heavy atom. The second kappa shape index (κ2) is 8.43. The SMILES string of the molecule is CSCCCCCCN1CCC(N)CC1. The Labute approximate surface area is 99.0 Å². The lowest BCUT2D eigenvalue weighted by Crippen LogP contribution is -2.39. The average Bonchev–Trinajstić information content (AvgIpc) is 2.26. The third-order valence-corrected chi connectivity index (χ3v) is 3.90. The minimum atomic E-state index is 0.475. The molecule has 0 bridgehead atoms. The van der Waals surface area contributed by atoms with Crippen molar-refractivity contribution in [2.45, 2.75) is 44.6 Å². The van der Waals surface area contributed by atoms with Crippen LogP contribution in [0.2, 0.25) is 0 Å². The van der Waals surface area contributed by atoms with Crippen LogP contribution in [0.3, 0.4) is 0 Å². The van der Waals surface area contributed by atoms with E-state index in [2.05, 4.69) is 11.2 Å². The third-order valence-electron chi connectivity index (χ3n) is 3.21. The van der Waals surface area contributed by atoms with Crippen molar-refractivity contribution in [3.05, 3.63) is 0 Å². The van der Waals surface area contributed by atoms with E-state index in [1.165, 1.54) is 63.9 Å². The van der Waals surface area contributed by atoms with Crippen LogP contribution in [0.4, 0.5) is 0 Å². The van der Waals surface area contributed by atoms with E-state index in [1.54, 1.807) is 0 Å². The van der Waals surface area contributed by atoms with Gasteiger partial charge < -0.3 is 10.6 Å². The highest BCUT2D eigenvalue weighted by Crippen LogP contribution is 2.10. The van der Waals surface area contributed by atoms with Crippen molar-refractivity contribution in [3.8, 4) is 0 Å². The van der Waals surface area contributed by atoms with Crippen molar-refractivity contribution in [2.24, 2.45) is 5.73 Å². The number of hydrogen-bond donors (Lipinski definition) is 1. The first kappa shape index (κ1) is 13.3. The number of likely N-dealkylation sites (tertiary alicyclic amines) is 1. The minimum Gasteiger partial charge on any atom is -0.328 e. The fourth-order valence-electron chi connectivity index (χ4n) is 2.11. The van der Waals surface area contributed by atoms with Crippen LogP contribution in [0.15, 0.2) is 0 Å². The highest BCUT2D eigenvalue weighted by Gasteiger charge is 2.14. The lowest BCUT2D eigenvalue weighted by molar-refractivity contribution is 0.209.